The van der Waals surface area contributed by atoms with Gasteiger partial charge in [-0.3, -0.25) is 4.48 Å². The number of nitrogens with zero attached hydrogens (tertiary/aromatic N) is 6. The van der Waals surface area contributed by atoms with Crippen molar-refractivity contribution in [3.8, 4) is 11.4 Å². The van der Waals surface area contributed by atoms with Gasteiger partial charge in [-0.15, -0.1) is 9.61 Å². The van der Waals surface area contributed by atoms with Crippen molar-refractivity contribution in [2.45, 2.75) is 5.51 Å². The van der Waals surface area contributed by atoms with E-state index in [-0.39, 0.29) is 0 Å². The van der Waals surface area contributed by atoms with Gasteiger partial charge in [-0.1, -0.05) is 30.3 Å². The molecule has 0 spiro atoms. The minimum Gasteiger partial charge on any atom is -0.741 e. The molecule has 2 aromatic heterocycles. The van der Waals surface area contributed by atoms with Crippen molar-refractivity contribution in [1.82, 2.24) is 29.0 Å². The van der Waals surface area contributed by atoms with Crippen LogP contribution in [0, 0.1) is 0 Å². The zero-order valence-electron chi connectivity index (χ0n) is 14.4. The average molecular weight is 404 g/mol. The number of hydrogen-bond donors (Lipinski definition) is 0. The van der Waals surface area contributed by atoms with Gasteiger partial charge in [-0.05, 0) is 0 Å². The van der Waals surface area contributed by atoms with Crippen molar-refractivity contribution in [2.75, 3.05) is 21.1 Å². The summed E-state index contributed by atoms with van der Waals surface area (Å²) in [7, 11) is 0.0294. The van der Waals surface area contributed by atoms with Crippen LogP contribution in [-0.2, 0) is 10.1 Å². The van der Waals surface area contributed by atoms with Gasteiger partial charge in [-0.2, -0.15) is 28.1 Å². The third kappa shape index (κ3) is 4.96. The van der Waals surface area contributed by atoms with Crippen LogP contribution in [0.3, 0.4) is 0 Å². The number of alkyl halides is 3. The molecule has 3 aromatic rings. The quantitative estimate of drug-likeness (QED) is 0.361. The molecule has 0 saturated carbocycles. The number of halogens is 3. The Kier molecular flexibility index (Phi) is 5.49. The van der Waals surface area contributed by atoms with Crippen molar-refractivity contribution in [2.24, 2.45) is 0 Å². The van der Waals surface area contributed by atoms with Crippen molar-refractivity contribution >= 4 is 21.8 Å². The van der Waals surface area contributed by atoms with E-state index in [4.69, 9.17) is 13.0 Å². The molecular weight excluding hydrogens is 389 g/mol. The van der Waals surface area contributed by atoms with E-state index in [2.05, 4.69) is 20.1 Å². The van der Waals surface area contributed by atoms with E-state index in [9.17, 15) is 13.2 Å². The molecular formula is C14H15F3N6O3S. The van der Waals surface area contributed by atoms with E-state index in [0.29, 0.717) is 16.1 Å². The van der Waals surface area contributed by atoms with E-state index < -0.39 is 15.6 Å². The second kappa shape index (κ2) is 7.17. The minimum absolute atomic E-state index is 0.544. The Hall–Kier alpha value is -2.64. The maximum Gasteiger partial charge on any atom is 0.485 e. The largest absolute Gasteiger partial charge is 0.741 e. The fraction of sp³-hybridized carbons (Fsp3) is 0.286. The molecule has 0 aliphatic carbocycles. The molecule has 0 N–H and O–H groups in total. The molecule has 0 fully saturated rings. The van der Waals surface area contributed by atoms with Crippen LogP contribution in [0.2, 0.25) is 0 Å². The minimum atomic E-state index is -6.09. The van der Waals surface area contributed by atoms with Gasteiger partial charge in [0.2, 0.25) is 0 Å². The van der Waals surface area contributed by atoms with Crippen LogP contribution < -0.4 is 4.48 Å². The lowest BCUT2D eigenvalue weighted by atomic mass is 10.2. The summed E-state index contributed by atoms with van der Waals surface area (Å²) in [6, 6.07) is 9.89. The molecule has 27 heavy (non-hydrogen) atoms. The summed E-state index contributed by atoms with van der Waals surface area (Å²) >= 11 is 0. The topological polar surface area (TPSA) is 113 Å². The highest BCUT2D eigenvalue weighted by atomic mass is 32.2. The van der Waals surface area contributed by atoms with Gasteiger partial charge in [0.1, 0.15) is 6.33 Å². The first-order valence-electron chi connectivity index (χ1n) is 7.28. The fourth-order valence-corrected chi connectivity index (χ4v) is 1.87. The van der Waals surface area contributed by atoms with Gasteiger partial charge >= 0.3 is 11.5 Å². The molecule has 0 amide bonds. The Labute approximate surface area is 152 Å². The molecule has 0 atom stereocenters. The van der Waals surface area contributed by atoms with Crippen LogP contribution in [0.5, 0.6) is 0 Å². The monoisotopic (exact) mass is 404 g/mol. The number of quaternary nitrogens is 1. The maximum absolute atomic E-state index is 10.7. The molecule has 0 bridgehead atoms. The molecule has 146 valence electrons. The fourth-order valence-electron chi connectivity index (χ4n) is 1.87. The van der Waals surface area contributed by atoms with Crippen LogP contribution >= 0.6 is 0 Å². The Bertz CT molecular complexity index is 1030. The van der Waals surface area contributed by atoms with Crippen LogP contribution in [0.25, 0.3) is 17.2 Å². The summed E-state index contributed by atoms with van der Waals surface area (Å²) in [5.74, 6) is 2.03. The molecule has 0 unspecified atom stereocenters. The predicted molar refractivity (Wildman–Crippen MR) is 89.3 cm³/mol. The first kappa shape index (κ1) is 20.7. The van der Waals surface area contributed by atoms with E-state index >= 15 is 0 Å². The highest BCUT2D eigenvalue weighted by molar-refractivity contribution is 7.86. The third-order valence-electron chi connectivity index (χ3n) is 3.05. The Morgan fingerprint density at radius 3 is 2.11 bits per heavy atom. The molecule has 1 aromatic carbocycles. The Morgan fingerprint density at radius 1 is 1.07 bits per heavy atom. The van der Waals surface area contributed by atoms with Crippen molar-refractivity contribution in [1.29, 1.82) is 0 Å². The molecule has 0 saturated heterocycles. The molecule has 0 aliphatic rings. The summed E-state index contributed by atoms with van der Waals surface area (Å²) in [5.41, 5.74) is -4.67. The summed E-state index contributed by atoms with van der Waals surface area (Å²) < 4.78 is 61.1. The maximum atomic E-state index is 10.7. The van der Waals surface area contributed by atoms with Gasteiger partial charge in [0.15, 0.2) is 15.9 Å². The van der Waals surface area contributed by atoms with Crippen molar-refractivity contribution in [3.63, 3.8) is 0 Å². The SMILES string of the molecule is C[N+](C)(C)c1nc(-c2ccccc2)nc2ncnn12.O=S(=O)([O-])C(F)(F)F. The van der Waals surface area contributed by atoms with E-state index in [1.54, 1.807) is 4.52 Å². The zero-order valence-corrected chi connectivity index (χ0v) is 15.2. The van der Waals surface area contributed by atoms with Gasteiger partial charge in [0.25, 0.3) is 5.78 Å². The first-order chi connectivity index (χ1) is 12.3. The summed E-state index contributed by atoms with van der Waals surface area (Å²) in [6.45, 7) is 0. The molecule has 0 aliphatic heterocycles. The first-order valence-corrected chi connectivity index (χ1v) is 8.69. The number of fused-ring (bicyclic) bond motifs is 1. The van der Waals surface area contributed by atoms with Crippen LogP contribution in [0.1, 0.15) is 0 Å². The normalized spacial score (nSPS) is 12.6. The smallest absolute Gasteiger partial charge is 0.485 e. The highest BCUT2D eigenvalue weighted by Gasteiger charge is 2.36. The molecule has 3 rings (SSSR count). The lowest BCUT2D eigenvalue weighted by Crippen LogP contribution is -2.38. The number of hydrogen-bond acceptors (Lipinski definition) is 7. The standard InChI is InChI=1S/C13H15N6.CHF3O3S/c1-19(2,3)13-17-11(10-7-5-4-6-8-10)16-12-14-9-15-18(12)13;2-1(3,4)8(5,6)7/h4-9H,1-3H3;(H,5,6,7)/q+1;/p-1. The van der Waals surface area contributed by atoms with E-state index in [1.807, 2.05) is 51.5 Å². The van der Waals surface area contributed by atoms with Crippen LogP contribution in [0.4, 0.5) is 19.1 Å². The predicted octanol–water partition coefficient (Wildman–Crippen LogP) is 1.43. The molecule has 0 radical (unpaired) electrons. The Morgan fingerprint density at radius 2 is 1.63 bits per heavy atom. The molecule has 9 nitrogen and oxygen atoms in total. The zero-order chi connectivity index (χ0) is 20.5. The second-order valence-corrected chi connectivity index (χ2v) is 7.47. The summed E-state index contributed by atoms with van der Waals surface area (Å²) in [5, 5.41) is 4.18. The van der Waals surface area contributed by atoms with Gasteiger partial charge in [-0.25, -0.2) is 8.42 Å². The summed E-state index contributed by atoms with van der Waals surface area (Å²) in [4.78, 5) is 13.3. The van der Waals surface area contributed by atoms with Crippen molar-refractivity contribution < 1.29 is 26.1 Å². The second-order valence-electron chi connectivity index (χ2n) is 6.10. The summed E-state index contributed by atoms with van der Waals surface area (Å²) in [6.07, 6.45) is 1.50. The number of rotatable bonds is 2. The average Bonchev–Trinajstić information content (AvgIpc) is 3.01. The van der Waals surface area contributed by atoms with Crippen LogP contribution in [0.15, 0.2) is 36.7 Å². The van der Waals surface area contributed by atoms with Gasteiger partial charge in [0, 0.05) is 5.56 Å². The third-order valence-corrected chi connectivity index (χ3v) is 3.61. The Balaban J connectivity index is 0.000000279. The van der Waals surface area contributed by atoms with Gasteiger partial charge < -0.3 is 4.55 Å². The van der Waals surface area contributed by atoms with Gasteiger partial charge in [0.05, 0.1) is 21.1 Å². The lowest BCUT2D eigenvalue weighted by molar-refractivity contribution is -0.0517. The molecule has 2 heterocycles. The number of benzene rings is 1. The van der Waals surface area contributed by atoms with E-state index in [0.717, 1.165) is 11.5 Å². The van der Waals surface area contributed by atoms with Crippen LogP contribution in [-0.4, -0.2) is 64.2 Å². The van der Waals surface area contributed by atoms with Crippen molar-refractivity contribution in [3.05, 3.63) is 36.7 Å². The highest BCUT2D eigenvalue weighted by Crippen LogP contribution is 2.21. The molecule has 13 heteroatoms. The van der Waals surface area contributed by atoms with E-state index in [1.165, 1.54) is 6.33 Å². The number of aromatic nitrogens is 5. The lowest BCUT2D eigenvalue weighted by Gasteiger charge is -2.21.